The number of hydrogen-bond acceptors (Lipinski definition) is 2. The zero-order chi connectivity index (χ0) is 16.5. The first kappa shape index (κ1) is 16.6. The summed E-state index contributed by atoms with van der Waals surface area (Å²) >= 11 is 5.90. The Hall–Kier alpha value is -1.80. The molecular formula is C13H8ClF4NO2S. The second kappa shape index (κ2) is 6.13. The van der Waals surface area contributed by atoms with E-state index in [1.54, 1.807) is 0 Å². The molecule has 0 aliphatic heterocycles. The maximum Gasteiger partial charge on any atom is 0.416 e. The highest BCUT2D eigenvalue weighted by molar-refractivity contribution is 7.73. The summed E-state index contributed by atoms with van der Waals surface area (Å²) in [5.41, 5.74) is -1.18. The van der Waals surface area contributed by atoms with Gasteiger partial charge in [0.1, 0.15) is 5.82 Å². The first-order valence-electron chi connectivity index (χ1n) is 5.76. The monoisotopic (exact) mass is 353 g/mol. The topological polar surface area (TPSA) is 46.2 Å². The summed E-state index contributed by atoms with van der Waals surface area (Å²) in [5.74, 6) is -0.870. The molecule has 0 aromatic heterocycles. The molecule has 0 fully saturated rings. The Morgan fingerprint density at radius 2 is 1.68 bits per heavy atom. The SMILES string of the molecule is O=[SH](=O)Nc1ccc(-c2cc(C(F)(F)F)ccc2F)c(Cl)c1. The van der Waals surface area contributed by atoms with Gasteiger partial charge in [-0.1, -0.05) is 17.7 Å². The molecule has 0 aliphatic carbocycles. The fourth-order valence-corrected chi connectivity index (χ4v) is 2.45. The predicted octanol–water partition coefficient (Wildman–Crippen LogP) is 4.10. The van der Waals surface area contributed by atoms with Gasteiger partial charge in [-0.2, -0.15) is 13.2 Å². The predicted molar refractivity (Wildman–Crippen MR) is 75.8 cm³/mol. The molecule has 0 aliphatic rings. The van der Waals surface area contributed by atoms with Crippen LogP contribution in [0.3, 0.4) is 0 Å². The second-order valence-electron chi connectivity index (χ2n) is 4.26. The molecule has 118 valence electrons. The van der Waals surface area contributed by atoms with Crippen molar-refractivity contribution in [3.63, 3.8) is 0 Å². The Labute approximate surface area is 129 Å². The maximum atomic E-state index is 13.8. The van der Waals surface area contributed by atoms with E-state index in [4.69, 9.17) is 11.6 Å². The van der Waals surface area contributed by atoms with Gasteiger partial charge in [-0.05, 0) is 30.3 Å². The molecule has 0 spiro atoms. The normalized spacial score (nSPS) is 11.7. The van der Waals surface area contributed by atoms with E-state index in [1.165, 1.54) is 18.2 Å². The third kappa shape index (κ3) is 3.69. The molecule has 0 heterocycles. The van der Waals surface area contributed by atoms with Gasteiger partial charge in [-0.15, -0.1) is 0 Å². The molecule has 2 aromatic rings. The van der Waals surface area contributed by atoms with Crippen LogP contribution in [-0.2, 0) is 17.1 Å². The van der Waals surface area contributed by atoms with Crippen molar-refractivity contribution in [3.05, 3.63) is 52.8 Å². The van der Waals surface area contributed by atoms with Crippen molar-refractivity contribution in [3.8, 4) is 11.1 Å². The molecule has 0 amide bonds. The molecule has 0 bridgehead atoms. The molecule has 0 saturated heterocycles. The highest BCUT2D eigenvalue weighted by Gasteiger charge is 2.31. The smallest absolute Gasteiger partial charge is 0.286 e. The molecule has 0 atom stereocenters. The van der Waals surface area contributed by atoms with Crippen LogP contribution in [0.1, 0.15) is 5.56 Å². The standard InChI is InChI=1S/C13H8ClF4NO2S/c14-11-6-8(19-22(20)21)2-3-9(11)10-5-7(13(16,17)18)1-4-12(10)15/h1-6,22H,(H,19,20,21). The van der Waals surface area contributed by atoms with Crippen LogP contribution in [0.4, 0.5) is 23.2 Å². The van der Waals surface area contributed by atoms with E-state index in [0.29, 0.717) is 18.2 Å². The van der Waals surface area contributed by atoms with Crippen LogP contribution in [0, 0.1) is 5.82 Å². The van der Waals surface area contributed by atoms with Crippen molar-refractivity contribution in [2.45, 2.75) is 6.18 Å². The lowest BCUT2D eigenvalue weighted by Crippen LogP contribution is -2.05. The molecule has 22 heavy (non-hydrogen) atoms. The van der Waals surface area contributed by atoms with Crippen LogP contribution >= 0.6 is 11.6 Å². The number of thiol groups is 1. The van der Waals surface area contributed by atoms with Crippen molar-refractivity contribution in [1.82, 2.24) is 0 Å². The number of alkyl halides is 3. The summed E-state index contributed by atoms with van der Waals surface area (Å²) in [4.78, 5) is 0. The van der Waals surface area contributed by atoms with Gasteiger partial charge >= 0.3 is 6.18 Å². The molecule has 0 saturated carbocycles. The fraction of sp³-hybridized carbons (Fsp3) is 0.0769. The number of nitrogens with one attached hydrogen (secondary N) is 1. The highest BCUT2D eigenvalue weighted by atomic mass is 35.5. The summed E-state index contributed by atoms with van der Waals surface area (Å²) in [6.45, 7) is 0. The van der Waals surface area contributed by atoms with E-state index in [9.17, 15) is 26.0 Å². The molecule has 0 radical (unpaired) electrons. The number of anilines is 1. The van der Waals surface area contributed by atoms with Gasteiger partial charge in [0.2, 0.25) is 10.9 Å². The lowest BCUT2D eigenvalue weighted by Gasteiger charge is -2.12. The minimum absolute atomic E-state index is 0.0249. The summed E-state index contributed by atoms with van der Waals surface area (Å²) < 4.78 is 75.0. The van der Waals surface area contributed by atoms with E-state index in [0.717, 1.165) is 0 Å². The van der Waals surface area contributed by atoms with Crippen LogP contribution in [-0.4, -0.2) is 8.42 Å². The van der Waals surface area contributed by atoms with Crippen molar-refractivity contribution < 1.29 is 26.0 Å². The lowest BCUT2D eigenvalue weighted by atomic mass is 10.0. The number of rotatable bonds is 3. The summed E-state index contributed by atoms with van der Waals surface area (Å²) in [6.07, 6.45) is -4.61. The molecule has 1 N–H and O–H groups in total. The van der Waals surface area contributed by atoms with E-state index in [2.05, 4.69) is 4.72 Å². The minimum atomic E-state index is -4.61. The van der Waals surface area contributed by atoms with Gasteiger partial charge in [0.15, 0.2) is 0 Å². The van der Waals surface area contributed by atoms with Gasteiger partial charge in [0, 0.05) is 16.8 Å². The van der Waals surface area contributed by atoms with Gasteiger partial charge in [0.05, 0.1) is 10.6 Å². The molecular weight excluding hydrogens is 346 g/mol. The van der Waals surface area contributed by atoms with Crippen LogP contribution < -0.4 is 4.72 Å². The van der Waals surface area contributed by atoms with Crippen LogP contribution in [0.15, 0.2) is 36.4 Å². The van der Waals surface area contributed by atoms with Gasteiger partial charge < -0.3 is 0 Å². The molecule has 9 heteroatoms. The summed E-state index contributed by atoms with van der Waals surface area (Å²) in [7, 11) is -2.91. The number of halogens is 5. The van der Waals surface area contributed by atoms with Gasteiger partial charge in [-0.25, -0.2) is 12.8 Å². The van der Waals surface area contributed by atoms with Crippen molar-refractivity contribution >= 4 is 28.2 Å². The Morgan fingerprint density at radius 1 is 1.00 bits per heavy atom. The second-order valence-corrected chi connectivity index (χ2v) is 5.40. The lowest BCUT2D eigenvalue weighted by molar-refractivity contribution is -0.137. The molecule has 2 aromatic carbocycles. The number of hydrogen-bond donors (Lipinski definition) is 2. The largest absolute Gasteiger partial charge is 0.416 e. The average Bonchev–Trinajstić information content (AvgIpc) is 2.38. The highest BCUT2D eigenvalue weighted by Crippen LogP contribution is 2.36. The van der Waals surface area contributed by atoms with E-state index in [-0.39, 0.29) is 21.8 Å². The van der Waals surface area contributed by atoms with E-state index < -0.39 is 28.4 Å². The summed E-state index contributed by atoms with van der Waals surface area (Å²) in [6, 6.07) is 5.67. The zero-order valence-electron chi connectivity index (χ0n) is 10.6. The van der Waals surface area contributed by atoms with Crippen LogP contribution in [0.5, 0.6) is 0 Å². The van der Waals surface area contributed by atoms with Gasteiger partial charge in [0.25, 0.3) is 0 Å². The summed E-state index contributed by atoms with van der Waals surface area (Å²) in [5, 5.41) is -0.0833. The van der Waals surface area contributed by atoms with Gasteiger partial charge in [-0.3, -0.25) is 4.72 Å². The van der Waals surface area contributed by atoms with Crippen molar-refractivity contribution in [2.24, 2.45) is 0 Å². The molecule has 2 rings (SSSR count). The Balaban J connectivity index is 2.52. The average molecular weight is 354 g/mol. The third-order valence-electron chi connectivity index (χ3n) is 2.77. The van der Waals surface area contributed by atoms with E-state index >= 15 is 0 Å². The third-order valence-corrected chi connectivity index (χ3v) is 3.53. The Bertz CT molecular complexity index is 782. The van der Waals surface area contributed by atoms with Crippen LogP contribution in [0.2, 0.25) is 5.02 Å². The van der Waals surface area contributed by atoms with E-state index in [1.807, 2.05) is 0 Å². The Kier molecular flexibility index (Phi) is 4.62. The Morgan fingerprint density at radius 3 is 2.23 bits per heavy atom. The van der Waals surface area contributed by atoms with Crippen molar-refractivity contribution in [2.75, 3.05) is 4.72 Å². The van der Waals surface area contributed by atoms with Crippen molar-refractivity contribution in [1.29, 1.82) is 0 Å². The zero-order valence-corrected chi connectivity index (χ0v) is 12.3. The first-order valence-corrected chi connectivity index (χ1v) is 7.32. The fourth-order valence-electron chi connectivity index (χ4n) is 1.82. The number of benzene rings is 2. The molecule has 3 nitrogen and oxygen atoms in total. The maximum absolute atomic E-state index is 13.8. The first-order chi connectivity index (χ1) is 10.2. The molecule has 0 unspecified atom stereocenters. The minimum Gasteiger partial charge on any atom is -0.286 e. The van der Waals surface area contributed by atoms with Crippen LogP contribution in [0.25, 0.3) is 11.1 Å². The quantitative estimate of drug-likeness (QED) is 0.644.